The average molecular weight is 343 g/mol. The summed E-state index contributed by atoms with van der Waals surface area (Å²) >= 11 is 0. The largest absolute Gasteiger partial charge is 0.481 e. The Hall–Kier alpha value is -2.63. The molecule has 2 N–H and O–H groups in total. The molecule has 4 atom stereocenters. The highest BCUT2D eigenvalue weighted by Crippen LogP contribution is 2.56. The number of nitrogens with one attached hydrogen (secondary N) is 1. The van der Waals surface area contributed by atoms with E-state index in [1.165, 1.54) is 0 Å². The molecule has 25 heavy (non-hydrogen) atoms. The van der Waals surface area contributed by atoms with Gasteiger partial charge in [0.1, 0.15) is 0 Å². The summed E-state index contributed by atoms with van der Waals surface area (Å²) < 4.78 is 4.92. The second-order valence-corrected chi connectivity index (χ2v) is 6.74. The van der Waals surface area contributed by atoms with Crippen molar-refractivity contribution in [1.82, 2.24) is 0 Å². The fourth-order valence-corrected chi connectivity index (χ4v) is 3.98. The Morgan fingerprint density at radius 3 is 2.52 bits per heavy atom. The fourth-order valence-electron chi connectivity index (χ4n) is 3.98. The van der Waals surface area contributed by atoms with Gasteiger partial charge in [-0.2, -0.15) is 0 Å². The first-order valence-electron chi connectivity index (χ1n) is 8.37. The third-order valence-electron chi connectivity index (χ3n) is 5.37. The molecule has 2 aliphatic rings. The molecule has 2 aliphatic carbocycles. The first kappa shape index (κ1) is 17.2. The SMILES string of the molecule is CCOC(=O)c1ccc(NC(=O)C2C3C=CC(C3)C2(C)C(=O)O)cc1. The summed E-state index contributed by atoms with van der Waals surface area (Å²) in [4.78, 5) is 36.2. The van der Waals surface area contributed by atoms with Crippen molar-refractivity contribution in [3.8, 4) is 0 Å². The minimum absolute atomic E-state index is 0.0510. The Morgan fingerprint density at radius 1 is 1.24 bits per heavy atom. The van der Waals surface area contributed by atoms with Crippen molar-refractivity contribution < 1.29 is 24.2 Å². The molecule has 1 fully saturated rings. The number of carboxylic acids is 1. The van der Waals surface area contributed by atoms with Gasteiger partial charge in [-0.1, -0.05) is 12.2 Å². The van der Waals surface area contributed by atoms with E-state index in [9.17, 15) is 19.5 Å². The molecule has 132 valence electrons. The molecule has 4 unspecified atom stereocenters. The summed E-state index contributed by atoms with van der Waals surface area (Å²) in [7, 11) is 0. The zero-order valence-corrected chi connectivity index (χ0v) is 14.2. The van der Waals surface area contributed by atoms with Crippen LogP contribution >= 0.6 is 0 Å². The Labute approximate surface area is 145 Å². The summed E-state index contributed by atoms with van der Waals surface area (Å²) in [5, 5.41) is 12.5. The van der Waals surface area contributed by atoms with Gasteiger partial charge in [-0.05, 0) is 56.4 Å². The molecular weight excluding hydrogens is 322 g/mol. The van der Waals surface area contributed by atoms with Gasteiger partial charge in [-0.15, -0.1) is 0 Å². The van der Waals surface area contributed by atoms with Crippen molar-refractivity contribution >= 4 is 23.5 Å². The van der Waals surface area contributed by atoms with E-state index in [0.29, 0.717) is 24.3 Å². The lowest BCUT2D eigenvalue weighted by Crippen LogP contribution is -2.45. The van der Waals surface area contributed by atoms with Gasteiger partial charge in [0.25, 0.3) is 0 Å². The van der Waals surface area contributed by atoms with E-state index in [0.717, 1.165) is 0 Å². The molecule has 0 radical (unpaired) electrons. The first-order chi connectivity index (χ1) is 11.9. The number of aliphatic carboxylic acids is 1. The van der Waals surface area contributed by atoms with Gasteiger partial charge in [0.2, 0.25) is 5.91 Å². The molecule has 0 aromatic heterocycles. The number of carbonyl (C=O) groups is 3. The third-order valence-corrected chi connectivity index (χ3v) is 5.37. The van der Waals surface area contributed by atoms with Gasteiger partial charge in [0, 0.05) is 5.69 Å². The molecule has 1 aromatic carbocycles. The third kappa shape index (κ3) is 2.81. The molecule has 2 bridgehead atoms. The van der Waals surface area contributed by atoms with Crippen molar-refractivity contribution in [3.05, 3.63) is 42.0 Å². The average Bonchev–Trinajstić information content (AvgIpc) is 3.15. The molecule has 1 aromatic rings. The number of ether oxygens (including phenoxy) is 1. The van der Waals surface area contributed by atoms with Crippen molar-refractivity contribution in [2.75, 3.05) is 11.9 Å². The van der Waals surface area contributed by atoms with Gasteiger partial charge in [0.05, 0.1) is 23.5 Å². The quantitative estimate of drug-likeness (QED) is 0.633. The van der Waals surface area contributed by atoms with Gasteiger partial charge in [0.15, 0.2) is 0 Å². The van der Waals surface area contributed by atoms with Gasteiger partial charge in [-0.3, -0.25) is 9.59 Å². The second-order valence-electron chi connectivity index (χ2n) is 6.74. The number of rotatable bonds is 5. The molecule has 6 nitrogen and oxygen atoms in total. The molecule has 0 saturated heterocycles. The molecule has 6 heteroatoms. The van der Waals surface area contributed by atoms with Crippen LogP contribution in [0.25, 0.3) is 0 Å². The number of hydrogen-bond acceptors (Lipinski definition) is 4. The monoisotopic (exact) mass is 343 g/mol. The Morgan fingerprint density at radius 2 is 1.92 bits per heavy atom. The number of esters is 1. The Bertz CT molecular complexity index is 739. The van der Waals surface area contributed by atoms with Gasteiger partial charge in [-0.25, -0.2) is 4.79 Å². The summed E-state index contributed by atoms with van der Waals surface area (Å²) in [5.74, 6) is -2.43. The number of anilines is 1. The van der Waals surface area contributed by atoms with Crippen LogP contribution in [0.5, 0.6) is 0 Å². The van der Waals surface area contributed by atoms with Crippen molar-refractivity contribution in [2.24, 2.45) is 23.2 Å². The number of amides is 1. The molecule has 0 aliphatic heterocycles. The standard InChI is InChI=1S/C19H21NO5/c1-3-25-17(22)11-5-8-14(9-6-11)20-16(21)15-12-4-7-13(10-12)19(15,2)18(23)24/h4-9,12-13,15H,3,10H2,1-2H3,(H,20,21)(H,23,24). The fraction of sp³-hybridized carbons (Fsp3) is 0.421. The van der Waals surface area contributed by atoms with Crippen LogP contribution in [0.4, 0.5) is 5.69 Å². The second kappa shape index (κ2) is 6.35. The van der Waals surface area contributed by atoms with Crippen LogP contribution in [0.3, 0.4) is 0 Å². The minimum atomic E-state index is -1.09. The molecule has 0 heterocycles. The molecular formula is C19H21NO5. The van der Waals surface area contributed by atoms with E-state index >= 15 is 0 Å². The van der Waals surface area contributed by atoms with Crippen LogP contribution in [0.15, 0.2) is 36.4 Å². The number of carbonyl (C=O) groups excluding carboxylic acids is 2. The predicted molar refractivity (Wildman–Crippen MR) is 91.0 cm³/mol. The maximum atomic E-state index is 12.7. The van der Waals surface area contributed by atoms with Crippen LogP contribution in [-0.4, -0.2) is 29.6 Å². The number of fused-ring (bicyclic) bond motifs is 2. The number of allylic oxidation sites excluding steroid dienone is 2. The highest BCUT2D eigenvalue weighted by atomic mass is 16.5. The highest BCUT2D eigenvalue weighted by molar-refractivity contribution is 5.98. The Balaban J connectivity index is 1.75. The number of benzene rings is 1. The van der Waals surface area contributed by atoms with E-state index in [1.54, 1.807) is 38.1 Å². The molecule has 1 amide bonds. The normalized spacial score (nSPS) is 29.4. The predicted octanol–water partition coefficient (Wildman–Crippen LogP) is 2.71. The van der Waals surface area contributed by atoms with Crippen LogP contribution in [0.1, 0.15) is 30.6 Å². The van der Waals surface area contributed by atoms with Crippen molar-refractivity contribution in [1.29, 1.82) is 0 Å². The summed E-state index contributed by atoms with van der Waals surface area (Å²) in [6.07, 6.45) is 4.56. The maximum Gasteiger partial charge on any atom is 0.338 e. The van der Waals surface area contributed by atoms with Crippen LogP contribution in [0.2, 0.25) is 0 Å². The first-order valence-corrected chi connectivity index (χ1v) is 8.37. The van der Waals surface area contributed by atoms with E-state index < -0.39 is 23.3 Å². The number of hydrogen-bond donors (Lipinski definition) is 2. The van der Waals surface area contributed by atoms with Crippen molar-refractivity contribution in [3.63, 3.8) is 0 Å². The lowest BCUT2D eigenvalue weighted by molar-refractivity contribution is -0.155. The van der Waals surface area contributed by atoms with Crippen LogP contribution < -0.4 is 5.32 Å². The topological polar surface area (TPSA) is 92.7 Å². The Kier molecular flexibility index (Phi) is 4.37. The summed E-state index contributed by atoms with van der Waals surface area (Å²) in [6.45, 7) is 3.68. The highest BCUT2D eigenvalue weighted by Gasteiger charge is 2.60. The lowest BCUT2D eigenvalue weighted by Gasteiger charge is -2.33. The van der Waals surface area contributed by atoms with E-state index in [-0.39, 0.29) is 17.7 Å². The minimum Gasteiger partial charge on any atom is -0.481 e. The van der Waals surface area contributed by atoms with E-state index in [1.807, 2.05) is 12.2 Å². The summed E-state index contributed by atoms with van der Waals surface area (Å²) in [5.41, 5.74) is -0.162. The zero-order valence-electron chi connectivity index (χ0n) is 14.2. The smallest absolute Gasteiger partial charge is 0.338 e. The molecule has 0 spiro atoms. The van der Waals surface area contributed by atoms with E-state index in [4.69, 9.17) is 4.74 Å². The van der Waals surface area contributed by atoms with Crippen molar-refractivity contribution in [2.45, 2.75) is 20.3 Å². The van der Waals surface area contributed by atoms with Crippen LogP contribution in [-0.2, 0) is 14.3 Å². The lowest BCUT2D eigenvalue weighted by atomic mass is 9.69. The maximum absolute atomic E-state index is 12.7. The zero-order chi connectivity index (χ0) is 18.2. The summed E-state index contributed by atoms with van der Waals surface area (Å²) in [6, 6.07) is 6.38. The van der Waals surface area contributed by atoms with Gasteiger partial charge < -0.3 is 15.2 Å². The van der Waals surface area contributed by atoms with Gasteiger partial charge >= 0.3 is 11.9 Å². The number of carboxylic acid groups (broad SMARTS) is 1. The van der Waals surface area contributed by atoms with E-state index in [2.05, 4.69) is 5.32 Å². The molecule has 1 saturated carbocycles. The van der Waals surface area contributed by atoms with Crippen LogP contribution in [0, 0.1) is 23.2 Å². The molecule has 3 rings (SSSR count).